The number of amides is 1. The molecule has 0 aliphatic carbocycles. The number of carbonyl (C=O) groups excluding carboxylic acids is 1. The fraction of sp³-hybridized carbons (Fsp3) is 0.0455. The van der Waals surface area contributed by atoms with Crippen molar-refractivity contribution in [2.45, 2.75) is 6.18 Å². The molecule has 4 aromatic rings. The highest BCUT2D eigenvalue weighted by atomic mass is 32.1. The Labute approximate surface area is 174 Å². The molecule has 0 aliphatic heterocycles. The van der Waals surface area contributed by atoms with Gasteiger partial charge >= 0.3 is 6.18 Å². The maximum atomic E-state index is 13.2. The number of hydrogen-bond donors (Lipinski definition) is 1. The number of rotatable bonds is 4. The molecule has 1 amide bonds. The van der Waals surface area contributed by atoms with E-state index in [1.165, 1.54) is 23.5 Å². The average molecular weight is 425 g/mol. The van der Waals surface area contributed by atoms with Crippen LogP contribution in [0, 0.1) is 0 Å². The van der Waals surface area contributed by atoms with Gasteiger partial charge in [-0.1, -0.05) is 30.3 Å². The fourth-order valence-electron chi connectivity index (χ4n) is 2.90. The fourth-order valence-corrected chi connectivity index (χ4v) is 3.70. The van der Waals surface area contributed by atoms with Crippen LogP contribution >= 0.6 is 11.3 Å². The highest BCUT2D eigenvalue weighted by Crippen LogP contribution is 2.33. The third-order valence-electron chi connectivity index (χ3n) is 4.28. The van der Waals surface area contributed by atoms with Crippen LogP contribution in [-0.2, 0) is 6.18 Å². The van der Waals surface area contributed by atoms with E-state index in [4.69, 9.17) is 0 Å². The Morgan fingerprint density at radius 1 is 0.933 bits per heavy atom. The number of thiazole rings is 1. The van der Waals surface area contributed by atoms with Gasteiger partial charge in [-0.3, -0.25) is 9.78 Å². The van der Waals surface area contributed by atoms with E-state index in [9.17, 15) is 18.0 Å². The summed E-state index contributed by atoms with van der Waals surface area (Å²) in [5.41, 5.74) is 1.14. The largest absolute Gasteiger partial charge is 0.417 e. The summed E-state index contributed by atoms with van der Waals surface area (Å²) in [7, 11) is 0. The van der Waals surface area contributed by atoms with Crippen molar-refractivity contribution >= 4 is 22.9 Å². The second-order valence-corrected chi connectivity index (χ2v) is 7.19. The van der Waals surface area contributed by atoms with Gasteiger partial charge in [-0.2, -0.15) is 13.2 Å². The topological polar surface area (TPSA) is 54.9 Å². The molecule has 4 nitrogen and oxygen atoms in total. The number of benzene rings is 2. The van der Waals surface area contributed by atoms with Gasteiger partial charge in [-0.05, 0) is 36.4 Å². The number of hydrogen-bond acceptors (Lipinski definition) is 4. The molecule has 2 aromatic heterocycles. The van der Waals surface area contributed by atoms with Crippen LogP contribution in [0.25, 0.3) is 22.0 Å². The predicted molar refractivity (Wildman–Crippen MR) is 110 cm³/mol. The molecular weight excluding hydrogens is 411 g/mol. The van der Waals surface area contributed by atoms with E-state index in [-0.39, 0.29) is 0 Å². The van der Waals surface area contributed by atoms with Crippen molar-refractivity contribution < 1.29 is 18.0 Å². The summed E-state index contributed by atoms with van der Waals surface area (Å²) in [5.74, 6) is -0.826. The van der Waals surface area contributed by atoms with Crippen LogP contribution in [0.5, 0.6) is 0 Å². The molecule has 0 fully saturated rings. The number of halogens is 3. The summed E-state index contributed by atoms with van der Waals surface area (Å²) >= 11 is 1.43. The van der Waals surface area contributed by atoms with Crippen molar-refractivity contribution in [2.24, 2.45) is 0 Å². The number of aromatic nitrogens is 2. The molecule has 1 N–H and O–H groups in total. The lowest BCUT2D eigenvalue weighted by Crippen LogP contribution is -2.18. The minimum Gasteiger partial charge on any atom is -0.322 e. The van der Waals surface area contributed by atoms with Gasteiger partial charge in [0.1, 0.15) is 5.01 Å². The first-order valence-corrected chi connectivity index (χ1v) is 9.75. The van der Waals surface area contributed by atoms with E-state index in [0.717, 1.165) is 28.4 Å². The van der Waals surface area contributed by atoms with Crippen molar-refractivity contribution in [3.8, 4) is 22.0 Å². The number of nitrogens with zero attached hydrogens (tertiary/aromatic N) is 2. The molecule has 0 aliphatic rings. The van der Waals surface area contributed by atoms with Gasteiger partial charge in [0.05, 0.1) is 22.5 Å². The van der Waals surface area contributed by atoms with Crippen LogP contribution in [0.4, 0.5) is 18.9 Å². The van der Waals surface area contributed by atoms with Crippen molar-refractivity contribution in [1.29, 1.82) is 0 Å². The second-order valence-electron chi connectivity index (χ2n) is 6.33. The number of alkyl halides is 3. The monoisotopic (exact) mass is 425 g/mol. The summed E-state index contributed by atoms with van der Waals surface area (Å²) in [6, 6.07) is 17.1. The summed E-state index contributed by atoms with van der Waals surface area (Å²) in [5, 5.41) is 5.16. The van der Waals surface area contributed by atoms with Crippen LogP contribution in [-0.4, -0.2) is 15.9 Å². The second kappa shape index (κ2) is 8.08. The molecule has 0 radical (unpaired) electrons. The maximum absolute atomic E-state index is 13.2. The molecule has 0 saturated heterocycles. The molecular formula is C22H14F3N3OS. The van der Waals surface area contributed by atoms with Gasteiger partial charge in [0.15, 0.2) is 0 Å². The molecule has 8 heteroatoms. The normalized spacial score (nSPS) is 11.3. The van der Waals surface area contributed by atoms with Gasteiger partial charge < -0.3 is 5.32 Å². The van der Waals surface area contributed by atoms with Crippen molar-refractivity contribution in [3.63, 3.8) is 0 Å². The standard InChI is InChI=1S/C22H14F3N3OS/c23-22(24,25)17-9-2-1-8-16(17)20(29)27-15-7-5-6-14(12-15)19-13-30-21(28-19)18-10-3-4-11-26-18/h1-13H,(H,27,29). The lowest BCUT2D eigenvalue weighted by atomic mass is 10.1. The molecule has 0 unspecified atom stereocenters. The van der Waals surface area contributed by atoms with E-state index in [1.54, 1.807) is 24.4 Å². The van der Waals surface area contributed by atoms with E-state index in [0.29, 0.717) is 11.4 Å². The van der Waals surface area contributed by atoms with E-state index >= 15 is 0 Å². The maximum Gasteiger partial charge on any atom is 0.417 e. The van der Waals surface area contributed by atoms with Crippen LogP contribution in [0.3, 0.4) is 0 Å². The highest BCUT2D eigenvalue weighted by molar-refractivity contribution is 7.13. The number of nitrogens with one attached hydrogen (secondary N) is 1. The Hall–Kier alpha value is -3.52. The Kier molecular flexibility index (Phi) is 5.33. The van der Waals surface area contributed by atoms with E-state index in [1.807, 2.05) is 29.6 Å². The van der Waals surface area contributed by atoms with E-state index < -0.39 is 23.2 Å². The molecule has 0 bridgehead atoms. The van der Waals surface area contributed by atoms with Gasteiger partial charge in [0.2, 0.25) is 0 Å². The van der Waals surface area contributed by atoms with Crippen molar-refractivity contribution in [3.05, 3.63) is 89.4 Å². The summed E-state index contributed by atoms with van der Waals surface area (Å²) in [6.07, 6.45) is -2.93. The zero-order valence-electron chi connectivity index (χ0n) is 15.4. The molecule has 2 heterocycles. The molecule has 30 heavy (non-hydrogen) atoms. The molecule has 0 saturated carbocycles. The van der Waals surface area contributed by atoms with Crippen LogP contribution in [0.2, 0.25) is 0 Å². The van der Waals surface area contributed by atoms with Gasteiger partial charge in [-0.15, -0.1) is 11.3 Å². The highest BCUT2D eigenvalue weighted by Gasteiger charge is 2.34. The van der Waals surface area contributed by atoms with Crippen LogP contribution in [0.15, 0.2) is 78.3 Å². The van der Waals surface area contributed by atoms with Crippen molar-refractivity contribution in [1.82, 2.24) is 9.97 Å². The third kappa shape index (κ3) is 4.23. The SMILES string of the molecule is O=C(Nc1cccc(-c2csc(-c3ccccn3)n2)c1)c1ccccc1C(F)(F)F. The minimum atomic E-state index is -4.61. The molecule has 150 valence electrons. The number of carbonyl (C=O) groups is 1. The predicted octanol–water partition coefficient (Wildman–Crippen LogP) is 6.14. The van der Waals surface area contributed by atoms with Gasteiger partial charge in [-0.25, -0.2) is 4.98 Å². The summed E-state index contributed by atoms with van der Waals surface area (Å²) in [4.78, 5) is 21.3. The third-order valence-corrected chi connectivity index (χ3v) is 5.15. The molecule has 2 aromatic carbocycles. The average Bonchev–Trinajstić information content (AvgIpc) is 3.24. The summed E-state index contributed by atoms with van der Waals surface area (Å²) in [6.45, 7) is 0. The Morgan fingerprint density at radius 3 is 2.50 bits per heavy atom. The lowest BCUT2D eigenvalue weighted by Gasteiger charge is -2.13. The van der Waals surface area contributed by atoms with Crippen LogP contribution in [0.1, 0.15) is 15.9 Å². The van der Waals surface area contributed by atoms with Gasteiger partial charge in [0, 0.05) is 22.8 Å². The molecule has 0 spiro atoms. The first-order valence-electron chi connectivity index (χ1n) is 8.87. The Morgan fingerprint density at radius 2 is 1.73 bits per heavy atom. The van der Waals surface area contributed by atoms with E-state index in [2.05, 4.69) is 15.3 Å². The number of pyridine rings is 1. The minimum absolute atomic E-state index is 0.377. The Balaban J connectivity index is 1.58. The smallest absolute Gasteiger partial charge is 0.322 e. The van der Waals surface area contributed by atoms with Gasteiger partial charge in [0.25, 0.3) is 5.91 Å². The first-order chi connectivity index (χ1) is 14.4. The molecule has 4 rings (SSSR count). The zero-order chi connectivity index (χ0) is 21.1. The number of anilines is 1. The first kappa shape index (κ1) is 19.8. The Bertz CT molecular complexity index is 1190. The summed E-state index contributed by atoms with van der Waals surface area (Å²) < 4.78 is 39.5. The molecule has 0 atom stereocenters. The lowest BCUT2D eigenvalue weighted by molar-refractivity contribution is -0.137. The van der Waals surface area contributed by atoms with Crippen molar-refractivity contribution in [2.75, 3.05) is 5.32 Å². The van der Waals surface area contributed by atoms with Crippen LogP contribution < -0.4 is 5.32 Å². The zero-order valence-corrected chi connectivity index (χ0v) is 16.2. The quantitative estimate of drug-likeness (QED) is 0.427.